The molecule has 42 heavy (non-hydrogen) atoms. The van der Waals surface area contributed by atoms with Gasteiger partial charge in [-0.2, -0.15) is 0 Å². The molecule has 7 rings (SSSR count). The van der Waals surface area contributed by atoms with Gasteiger partial charge in [-0.3, -0.25) is 0 Å². The first-order valence-corrected chi connectivity index (χ1v) is 37.6. The standard InChI is InChI=1S/C19H13.C10H9.C8H20Si2.2CH3.Zr/c1-2-7-14(8-3-1)17-12-6-10-16-13-15-9-4-5-11-18(15)19(16)17;1-8-6-9-4-2-3-5-10(9)7-8;1-5-9(6-2)10(7-3)8-4;;;/h1-13H;2-7H,1H3;5-8H2,1-4H3;2*1H3;. The van der Waals surface area contributed by atoms with Crippen molar-refractivity contribution < 1.29 is 15.6 Å². The molecule has 0 amide bonds. The van der Waals surface area contributed by atoms with E-state index in [0.717, 1.165) is 0 Å². The average molecular weight is 664 g/mol. The molecule has 4 aromatic carbocycles. The van der Waals surface area contributed by atoms with Crippen LogP contribution in [0.25, 0.3) is 28.3 Å². The maximum atomic E-state index is 3.13. The predicted molar refractivity (Wildman–Crippen MR) is 187 cm³/mol. The molecule has 0 aromatic heterocycles. The second-order valence-electron chi connectivity index (χ2n) is 15.2. The summed E-state index contributed by atoms with van der Waals surface area (Å²) in [6.45, 7) is 13.1. The summed E-state index contributed by atoms with van der Waals surface area (Å²) in [4.78, 5) is 0. The van der Waals surface area contributed by atoms with Gasteiger partial charge < -0.3 is 0 Å². The summed E-state index contributed by atoms with van der Waals surface area (Å²) < 4.78 is 4.13. The van der Waals surface area contributed by atoms with Crippen molar-refractivity contribution in [3.05, 3.63) is 125 Å². The molecule has 1 heterocycles. The molecule has 0 bridgehead atoms. The molecule has 0 saturated carbocycles. The van der Waals surface area contributed by atoms with E-state index in [-0.39, 0.29) is 0 Å². The van der Waals surface area contributed by atoms with E-state index in [9.17, 15) is 0 Å². The van der Waals surface area contributed by atoms with Gasteiger partial charge in [0.2, 0.25) is 0 Å². The summed E-state index contributed by atoms with van der Waals surface area (Å²) in [6.07, 6.45) is 2.61. The summed E-state index contributed by atoms with van der Waals surface area (Å²) in [5, 5.41) is 0. The Morgan fingerprint density at radius 2 is 1.07 bits per heavy atom. The number of benzene rings is 4. The van der Waals surface area contributed by atoms with E-state index in [4.69, 9.17) is 0 Å². The first-order chi connectivity index (χ1) is 20.2. The fourth-order valence-electron chi connectivity index (χ4n) is 14.5. The van der Waals surface area contributed by atoms with E-state index in [0.29, 0.717) is 7.25 Å². The molecule has 3 aliphatic rings. The van der Waals surface area contributed by atoms with Crippen LogP contribution in [-0.4, -0.2) is 9.44 Å². The van der Waals surface area contributed by atoms with Gasteiger partial charge in [-0.15, -0.1) is 0 Å². The van der Waals surface area contributed by atoms with Crippen molar-refractivity contribution in [1.29, 1.82) is 0 Å². The van der Waals surface area contributed by atoms with Crippen LogP contribution in [0.5, 0.6) is 0 Å². The van der Waals surface area contributed by atoms with Gasteiger partial charge in [0.25, 0.3) is 0 Å². The van der Waals surface area contributed by atoms with Crippen LogP contribution in [0.1, 0.15) is 64.1 Å². The van der Waals surface area contributed by atoms with Crippen molar-refractivity contribution in [2.75, 3.05) is 0 Å². The molecular formula is C39H48Si2Zr. The molecule has 0 N–H and O–H groups in total. The topological polar surface area (TPSA) is 0 Å². The van der Waals surface area contributed by atoms with Crippen LogP contribution in [0, 0.1) is 0 Å². The molecule has 4 aromatic rings. The minimum atomic E-state index is -4.46. The Bertz CT molecular complexity index is 1750. The zero-order chi connectivity index (χ0) is 29.6. The third-order valence-corrected chi connectivity index (χ3v) is 181. The average Bonchev–Trinajstić information content (AvgIpc) is 3.35. The summed E-state index contributed by atoms with van der Waals surface area (Å²) in [6, 6.07) is 43.8. The van der Waals surface area contributed by atoms with Crippen LogP contribution in [0.3, 0.4) is 0 Å². The summed E-state index contributed by atoms with van der Waals surface area (Å²) in [5.41, 5.74) is 14.1. The Kier molecular flexibility index (Phi) is 6.14. The van der Waals surface area contributed by atoms with Crippen LogP contribution in [0.4, 0.5) is 0 Å². The fraction of sp³-hybridized carbons (Fsp3) is 0.333. The molecule has 1 saturated heterocycles. The molecular weight excluding hydrogens is 616 g/mol. The van der Waals surface area contributed by atoms with Crippen LogP contribution < -0.4 is 0 Å². The second kappa shape index (κ2) is 8.99. The Morgan fingerprint density at radius 1 is 0.548 bits per heavy atom. The summed E-state index contributed by atoms with van der Waals surface area (Å²) >= 11 is -4.46. The summed E-state index contributed by atoms with van der Waals surface area (Å²) in [5.74, 6) is 0. The van der Waals surface area contributed by atoms with Crippen LogP contribution >= 0.6 is 0 Å². The molecule has 1 aliphatic heterocycles. The molecule has 216 valence electrons. The van der Waals surface area contributed by atoms with Crippen molar-refractivity contribution in [3.8, 4) is 22.3 Å². The third kappa shape index (κ3) is 2.68. The molecule has 3 heteroatoms. The molecule has 0 nitrogen and oxygen atoms in total. The van der Waals surface area contributed by atoms with Crippen molar-refractivity contribution in [2.24, 2.45) is 0 Å². The molecule has 2 aliphatic carbocycles. The van der Waals surface area contributed by atoms with E-state index >= 15 is 0 Å². The van der Waals surface area contributed by atoms with E-state index in [1.54, 1.807) is 27.8 Å². The van der Waals surface area contributed by atoms with Gasteiger partial charge in [0, 0.05) is 0 Å². The third-order valence-electron chi connectivity index (χ3n) is 15.0. The van der Waals surface area contributed by atoms with Crippen LogP contribution in [0.2, 0.25) is 33.4 Å². The van der Waals surface area contributed by atoms with Gasteiger partial charge in [-0.05, 0) is 0 Å². The first-order valence-electron chi connectivity index (χ1n) is 16.6. The molecule has 0 radical (unpaired) electrons. The van der Waals surface area contributed by atoms with E-state index < -0.39 is 25.1 Å². The molecule has 2 atom stereocenters. The molecule has 2 unspecified atom stereocenters. The summed E-state index contributed by atoms with van der Waals surface area (Å²) in [7, 11) is 0. The monoisotopic (exact) mass is 662 g/mol. The number of hydrogen-bond acceptors (Lipinski definition) is 0. The van der Waals surface area contributed by atoms with Gasteiger partial charge in [0.15, 0.2) is 0 Å². The number of rotatable bonds is 7. The predicted octanol–water partition coefficient (Wildman–Crippen LogP) is 12.0. The van der Waals surface area contributed by atoms with Gasteiger partial charge in [0.1, 0.15) is 0 Å². The number of allylic oxidation sites excluding steroid dienone is 1. The Balaban J connectivity index is 1.68. The van der Waals surface area contributed by atoms with Crippen molar-refractivity contribution in [2.45, 2.75) is 75.3 Å². The number of fused-ring (bicyclic) bond motifs is 4. The van der Waals surface area contributed by atoms with Gasteiger partial charge in [0.05, 0.1) is 0 Å². The van der Waals surface area contributed by atoms with Crippen molar-refractivity contribution in [3.63, 3.8) is 0 Å². The van der Waals surface area contributed by atoms with Crippen LogP contribution in [-0.2, 0) is 15.6 Å². The van der Waals surface area contributed by atoms with Crippen molar-refractivity contribution >= 4 is 15.5 Å². The van der Waals surface area contributed by atoms with Crippen molar-refractivity contribution in [1.82, 2.24) is 0 Å². The zero-order valence-corrected chi connectivity index (χ0v) is 31.3. The van der Waals surface area contributed by atoms with Gasteiger partial charge in [-0.1, -0.05) is 0 Å². The molecule has 0 spiro atoms. The molecule has 1 fully saturated rings. The van der Waals surface area contributed by atoms with E-state index in [1.165, 1.54) is 46.4 Å². The second-order valence-corrected chi connectivity index (χ2v) is 94.3. The maximum absolute atomic E-state index is 4.46. The first kappa shape index (κ1) is 28.7. The number of hydrogen-bond donors (Lipinski definition) is 0. The zero-order valence-electron chi connectivity index (χ0n) is 26.8. The quantitative estimate of drug-likeness (QED) is 0.173. The normalized spacial score (nSPS) is 25.9. The van der Waals surface area contributed by atoms with Gasteiger partial charge >= 0.3 is 254 Å². The minimum absolute atomic E-state index is 0.582. The Hall–Kier alpha value is -2.06. The fourth-order valence-corrected chi connectivity index (χ4v) is 311. The Morgan fingerprint density at radius 3 is 1.71 bits per heavy atom. The van der Waals surface area contributed by atoms with Crippen LogP contribution in [0.15, 0.2) is 103 Å². The van der Waals surface area contributed by atoms with Gasteiger partial charge in [-0.25, -0.2) is 0 Å². The SMILES string of the molecule is CC[Si]1(CC)[Si](CC)(CC)[Zr]1([CH3])([CH3])([CH]1C(C)=Cc2ccccc21)[CH]1c2ccccc2-c2c(-c3ccccc3)cccc21. The van der Waals surface area contributed by atoms with E-state index in [2.05, 4.69) is 147 Å². The Labute approximate surface area is 251 Å². The van der Waals surface area contributed by atoms with E-state index in [1.807, 2.05) is 0 Å².